The topological polar surface area (TPSA) is 12.0 Å². The fourth-order valence-corrected chi connectivity index (χ4v) is 2.21. The first-order valence-corrected chi connectivity index (χ1v) is 5.93. The minimum Gasteiger partial charge on any atom is -0.316 e. The Balaban J connectivity index is 2.32. The van der Waals surface area contributed by atoms with Gasteiger partial charge in [-0.25, -0.2) is 0 Å². The zero-order valence-electron chi connectivity index (χ0n) is 9.53. The van der Waals surface area contributed by atoms with Gasteiger partial charge in [0.25, 0.3) is 0 Å². The highest BCUT2D eigenvalue weighted by Crippen LogP contribution is 2.47. The predicted octanol–water partition coefficient (Wildman–Crippen LogP) is 3.20. The second-order valence-corrected chi connectivity index (χ2v) is 4.81. The quantitative estimate of drug-likeness (QED) is 0.639. The van der Waals surface area contributed by atoms with Crippen molar-refractivity contribution in [3.8, 4) is 0 Å². The lowest BCUT2D eigenvalue weighted by Crippen LogP contribution is -2.33. The maximum Gasteiger partial charge on any atom is 0.000770 e. The molecule has 1 saturated carbocycles. The predicted molar refractivity (Wildman–Crippen MR) is 58.9 cm³/mol. The van der Waals surface area contributed by atoms with Gasteiger partial charge in [-0.05, 0) is 37.1 Å². The van der Waals surface area contributed by atoms with E-state index in [2.05, 4.69) is 26.1 Å². The van der Waals surface area contributed by atoms with E-state index in [9.17, 15) is 0 Å². The van der Waals surface area contributed by atoms with Crippen molar-refractivity contribution >= 4 is 0 Å². The molecule has 13 heavy (non-hydrogen) atoms. The van der Waals surface area contributed by atoms with Gasteiger partial charge in [-0.15, -0.1) is 0 Å². The largest absolute Gasteiger partial charge is 0.316 e. The molecule has 1 fully saturated rings. The summed E-state index contributed by atoms with van der Waals surface area (Å²) in [4.78, 5) is 0. The van der Waals surface area contributed by atoms with Crippen LogP contribution in [-0.4, -0.2) is 13.1 Å². The number of hydrogen-bond acceptors (Lipinski definition) is 1. The number of nitrogens with one attached hydrogen (secondary N) is 1. The van der Waals surface area contributed by atoms with Crippen LogP contribution < -0.4 is 5.32 Å². The molecule has 0 saturated heterocycles. The lowest BCUT2D eigenvalue weighted by atomic mass is 9.80. The normalized spacial score (nSPS) is 21.5. The molecule has 0 heterocycles. The van der Waals surface area contributed by atoms with Crippen molar-refractivity contribution in [1.29, 1.82) is 0 Å². The number of rotatable bonds is 7. The molecular formula is C12H25N. The molecule has 1 aliphatic rings. The third-order valence-corrected chi connectivity index (χ3v) is 3.44. The average molecular weight is 183 g/mol. The van der Waals surface area contributed by atoms with Gasteiger partial charge in [0.1, 0.15) is 0 Å². The van der Waals surface area contributed by atoms with Crippen LogP contribution in [-0.2, 0) is 0 Å². The molecule has 0 aromatic heterocycles. The zero-order chi connectivity index (χ0) is 9.73. The Hall–Kier alpha value is -0.0400. The standard InChI is InChI=1S/C12H25N/c1-4-6-9-12(3,10-13-5-2)11-7-8-11/h11,13H,4-10H2,1-3H3. The minimum absolute atomic E-state index is 0.603. The van der Waals surface area contributed by atoms with Crippen LogP contribution in [0.25, 0.3) is 0 Å². The Morgan fingerprint density at radius 2 is 2.00 bits per heavy atom. The van der Waals surface area contributed by atoms with Crippen molar-refractivity contribution in [2.45, 2.75) is 52.9 Å². The third kappa shape index (κ3) is 3.30. The van der Waals surface area contributed by atoms with Crippen LogP contribution in [0, 0.1) is 11.3 Å². The molecule has 1 rings (SSSR count). The first-order valence-electron chi connectivity index (χ1n) is 5.93. The SMILES string of the molecule is CCCCC(C)(CNCC)C1CC1. The van der Waals surface area contributed by atoms with E-state index in [1.807, 2.05) is 0 Å². The molecule has 1 atom stereocenters. The van der Waals surface area contributed by atoms with Crippen LogP contribution in [0.4, 0.5) is 0 Å². The molecule has 1 N–H and O–H groups in total. The fraction of sp³-hybridized carbons (Fsp3) is 1.00. The minimum atomic E-state index is 0.603. The van der Waals surface area contributed by atoms with Crippen molar-refractivity contribution in [1.82, 2.24) is 5.32 Å². The molecule has 0 bridgehead atoms. The summed E-state index contributed by atoms with van der Waals surface area (Å²) >= 11 is 0. The van der Waals surface area contributed by atoms with Gasteiger partial charge in [-0.1, -0.05) is 33.6 Å². The van der Waals surface area contributed by atoms with E-state index in [1.54, 1.807) is 0 Å². The van der Waals surface area contributed by atoms with Crippen molar-refractivity contribution in [3.05, 3.63) is 0 Å². The van der Waals surface area contributed by atoms with Crippen molar-refractivity contribution in [2.75, 3.05) is 13.1 Å². The van der Waals surface area contributed by atoms with Gasteiger partial charge in [0.05, 0.1) is 0 Å². The van der Waals surface area contributed by atoms with Crippen LogP contribution in [0.2, 0.25) is 0 Å². The highest BCUT2D eigenvalue weighted by atomic mass is 14.9. The van der Waals surface area contributed by atoms with Gasteiger partial charge >= 0.3 is 0 Å². The lowest BCUT2D eigenvalue weighted by Gasteiger charge is -2.30. The molecule has 0 aliphatic heterocycles. The molecule has 0 aromatic rings. The molecular weight excluding hydrogens is 158 g/mol. The Kier molecular flexibility index (Phi) is 4.24. The maximum absolute atomic E-state index is 3.52. The lowest BCUT2D eigenvalue weighted by molar-refractivity contribution is 0.232. The second kappa shape index (κ2) is 4.99. The van der Waals surface area contributed by atoms with Gasteiger partial charge < -0.3 is 5.32 Å². The molecule has 1 nitrogen and oxygen atoms in total. The maximum atomic E-state index is 3.52. The Morgan fingerprint density at radius 3 is 2.46 bits per heavy atom. The monoisotopic (exact) mass is 183 g/mol. The van der Waals surface area contributed by atoms with E-state index < -0.39 is 0 Å². The zero-order valence-corrected chi connectivity index (χ0v) is 9.53. The van der Waals surface area contributed by atoms with Crippen LogP contribution in [0.15, 0.2) is 0 Å². The second-order valence-electron chi connectivity index (χ2n) is 4.81. The van der Waals surface area contributed by atoms with E-state index >= 15 is 0 Å². The third-order valence-electron chi connectivity index (χ3n) is 3.44. The van der Waals surface area contributed by atoms with Crippen LogP contribution in [0.5, 0.6) is 0 Å². The van der Waals surface area contributed by atoms with Crippen molar-refractivity contribution in [3.63, 3.8) is 0 Å². The summed E-state index contributed by atoms with van der Waals surface area (Å²) in [5, 5.41) is 3.52. The van der Waals surface area contributed by atoms with Crippen LogP contribution >= 0.6 is 0 Å². The molecule has 1 unspecified atom stereocenters. The van der Waals surface area contributed by atoms with Gasteiger partial charge in [-0.2, -0.15) is 0 Å². The van der Waals surface area contributed by atoms with Gasteiger partial charge in [0.15, 0.2) is 0 Å². The summed E-state index contributed by atoms with van der Waals surface area (Å²) in [6.45, 7) is 9.32. The summed E-state index contributed by atoms with van der Waals surface area (Å²) < 4.78 is 0. The Labute approximate surface area is 83.3 Å². The summed E-state index contributed by atoms with van der Waals surface area (Å²) in [5.41, 5.74) is 0.603. The van der Waals surface area contributed by atoms with E-state index in [-0.39, 0.29) is 0 Å². The Morgan fingerprint density at radius 1 is 1.31 bits per heavy atom. The summed E-state index contributed by atoms with van der Waals surface area (Å²) in [6.07, 6.45) is 7.12. The molecule has 1 heteroatoms. The number of hydrogen-bond donors (Lipinski definition) is 1. The van der Waals surface area contributed by atoms with Gasteiger partial charge in [0.2, 0.25) is 0 Å². The first kappa shape index (κ1) is 11.0. The smallest absolute Gasteiger partial charge is 0.000770 e. The summed E-state index contributed by atoms with van der Waals surface area (Å²) in [5.74, 6) is 1.03. The van der Waals surface area contributed by atoms with Crippen LogP contribution in [0.1, 0.15) is 52.9 Å². The van der Waals surface area contributed by atoms with E-state index in [0.29, 0.717) is 5.41 Å². The molecule has 1 aliphatic carbocycles. The molecule has 0 spiro atoms. The van der Waals surface area contributed by atoms with E-state index in [4.69, 9.17) is 0 Å². The highest BCUT2D eigenvalue weighted by Gasteiger charge is 2.40. The van der Waals surface area contributed by atoms with Crippen molar-refractivity contribution < 1.29 is 0 Å². The number of unbranched alkanes of at least 4 members (excludes halogenated alkanes) is 1. The van der Waals surface area contributed by atoms with Crippen molar-refractivity contribution in [2.24, 2.45) is 11.3 Å². The first-order chi connectivity index (χ1) is 6.23. The van der Waals surface area contributed by atoms with Gasteiger partial charge in [0, 0.05) is 6.54 Å². The van der Waals surface area contributed by atoms with E-state index in [0.717, 1.165) is 12.5 Å². The van der Waals surface area contributed by atoms with E-state index in [1.165, 1.54) is 38.6 Å². The molecule has 0 aromatic carbocycles. The Bertz CT molecular complexity index is 130. The highest BCUT2D eigenvalue weighted by molar-refractivity contribution is 4.92. The summed E-state index contributed by atoms with van der Waals surface area (Å²) in [7, 11) is 0. The molecule has 0 radical (unpaired) electrons. The van der Waals surface area contributed by atoms with Crippen LogP contribution in [0.3, 0.4) is 0 Å². The molecule has 0 amide bonds. The van der Waals surface area contributed by atoms with Gasteiger partial charge in [-0.3, -0.25) is 0 Å². The average Bonchev–Trinajstić information content (AvgIpc) is 2.94. The molecule has 78 valence electrons. The summed E-state index contributed by atoms with van der Waals surface area (Å²) in [6, 6.07) is 0. The fourth-order valence-electron chi connectivity index (χ4n) is 2.21.